The zero-order valence-electron chi connectivity index (χ0n) is 23.9. The maximum atomic E-state index is 16.6. The van der Waals surface area contributed by atoms with Crippen LogP contribution >= 0.6 is 11.6 Å². The van der Waals surface area contributed by atoms with Crippen LogP contribution < -0.4 is 10.2 Å². The molecule has 1 fully saturated rings. The standard InChI is InChI=1S/C31H34ClFN6O3/c1-4-7-26(42)38-12-14-39(15-13-38)30-23-18-24(32)27(22-17-20(40)16-19-8-5-6-9-21(19)22)28(33)29(23)35-31(36-30)34-11-10-25(41)37(2)3/h4-9,17-18,22,40H,10-16H2,1-3H3,(H,34,35,36)/b7-4+/t22-/m0/s1. The molecule has 2 N–H and O–H groups in total. The molecule has 0 spiro atoms. The number of allylic oxidation sites excluding steroid dienone is 3. The number of anilines is 2. The van der Waals surface area contributed by atoms with Crippen LogP contribution in [-0.2, 0) is 16.0 Å². The fraction of sp³-hybridized carbons (Fsp3) is 0.355. The van der Waals surface area contributed by atoms with Crippen LogP contribution in [0, 0.1) is 5.82 Å². The number of rotatable bonds is 7. The van der Waals surface area contributed by atoms with E-state index in [0.717, 1.165) is 11.1 Å². The van der Waals surface area contributed by atoms with Gasteiger partial charge in [0.1, 0.15) is 11.3 Å². The van der Waals surface area contributed by atoms with Gasteiger partial charge in [-0.1, -0.05) is 41.9 Å². The van der Waals surface area contributed by atoms with Gasteiger partial charge in [0, 0.05) is 81.6 Å². The highest BCUT2D eigenvalue weighted by Gasteiger charge is 2.30. The van der Waals surface area contributed by atoms with E-state index in [9.17, 15) is 14.7 Å². The normalized spacial score (nSPS) is 16.9. The zero-order valence-corrected chi connectivity index (χ0v) is 24.7. The third kappa shape index (κ3) is 5.90. The first-order chi connectivity index (χ1) is 20.2. The van der Waals surface area contributed by atoms with Gasteiger partial charge in [0.15, 0.2) is 5.82 Å². The van der Waals surface area contributed by atoms with Crippen molar-refractivity contribution >= 4 is 46.1 Å². The van der Waals surface area contributed by atoms with Crippen molar-refractivity contribution in [2.45, 2.75) is 25.7 Å². The van der Waals surface area contributed by atoms with E-state index < -0.39 is 11.7 Å². The number of hydrogen-bond acceptors (Lipinski definition) is 7. The minimum absolute atomic E-state index is 0.0552. The molecule has 9 nitrogen and oxygen atoms in total. The minimum atomic E-state index is -0.597. The first kappa shape index (κ1) is 29.3. The van der Waals surface area contributed by atoms with Gasteiger partial charge in [0.05, 0.1) is 5.76 Å². The van der Waals surface area contributed by atoms with Crippen molar-refractivity contribution in [1.82, 2.24) is 19.8 Å². The van der Waals surface area contributed by atoms with E-state index in [0.29, 0.717) is 43.8 Å². The first-order valence-electron chi connectivity index (χ1n) is 14.0. The van der Waals surface area contributed by atoms with Crippen molar-refractivity contribution in [1.29, 1.82) is 0 Å². The lowest BCUT2D eigenvalue weighted by Gasteiger charge is -2.35. The summed E-state index contributed by atoms with van der Waals surface area (Å²) in [4.78, 5) is 39.0. The molecule has 1 atom stereocenters. The summed E-state index contributed by atoms with van der Waals surface area (Å²) in [5.41, 5.74) is 2.08. The number of hydrogen-bond donors (Lipinski definition) is 2. The van der Waals surface area contributed by atoms with Gasteiger partial charge < -0.3 is 25.1 Å². The van der Waals surface area contributed by atoms with Crippen molar-refractivity contribution in [2.24, 2.45) is 0 Å². The second-order valence-electron chi connectivity index (χ2n) is 10.6. The third-order valence-electron chi connectivity index (χ3n) is 7.65. The smallest absolute Gasteiger partial charge is 0.246 e. The number of carbonyl (C=O) groups excluding carboxylic acids is 2. The average Bonchev–Trinajstić information content (AvgIpc) is 2.97. The van der Waals surface area contributed by atoms with Gasteiger partial charge in [-0.2, -0.15) is 4.98 Å². The molecule has 2 aliphatic rings. The number of halogens is 2. The quantitative estimate of drug-likeness (QED) is 0.385. The monoisotopic (exact) mass is 592 g/mol. The first-order valence-corrected chi connectivity index (χ1v) is 14.3. The minimum Gasteiger partial charge on any atom is -0.512 e. The lowest BCUT2D eigenvalue weighted by Crippen LogP contribution is -2.48. The largest absolute Gasteiger partial charge is 0.512 e. The Labute approximate surface area is 249 Å². The highest BCUT2D eigenvalue weighted by atomic mass is 35.5. The molecule has 5 rings (SSSR count). The second-order valence-corrected chi connectivity index (χ2v) is 11.0. The van der Waals surface area contributed by atoms with E-state index in [2.05, 4.69) is 10.3 Å². The van der Waals surface area contributed by atoms with Crippen LogP contribution in [0.25, 0.3) is 10.9 Å². The van der Waals surface area contributed by atoms with Crippen LogP contribution in [0.4, 0.5) is 16.2 Å². The molecule has 0 radical (unpaired) electrons. The van der Waals surface area contributed by atoms with Crippen LogP contribution in [0.1, 0.15) is 36.0 Å². The summed E-state index contributed by atoms with van der Waals surface area (Å²) < 4.78 is 16.6. The van der Waals surface area contributed by atoms with E-state index in [1.165, 1.54) is 4.90 Å². The Morgan fingerprint density at radius 1 is 1.19 bits per heavy atom. The topological polar surface area (TPSA) is 102 Å². The van der Waals surface area contributed by atoms with Crippen molar-refractivity contribution < 1.29 is 19.1 Å². The van der Waals surface area contributed by atoms with Crippen molar-refractivity contribution in [3.63, 3.8) is 0 Å². The summed E-state index contributed by atoms with van der Waals surface area (Å²) >= 11 is 6.81. The summed E-state index contributed by atoms with van der Waals surface area (Å²) in [6.45, 7) is 4.00. The molecule has 2 amide bonds. The predicted octanol–water partition coefficient (Wildman–Crippen LogP) is 4.67. The Kier molecular flexibility index (Phi) is 8.63. The average molecular weight is 593 g/mol. The molecule has 0 unspecified atom stereocenters. The third-order valence-corrected chi connectivity index (χ3v) is 7.96. The number of amides is 2. The molecule has 1 aliphatic carbocycles. The molecular formula is C31H34ClFN6O3. The van der Waals surface area contributed by atoms with Crippen LogP contribution in [0.3, 0.4) is 0 Å². The Morgan fingerprint density at radius 2 is 1.93 bits per heavy atom. The fourth-order valence-corrected chi connectivity index (χ4v) is 5.77. The molecule has 2 aromatic carbocycles. The number of aromatic nitrogens is 2. The zero-order chi connectivity index (χ0) is 30.0. The van der Waals surface area contributed by atoms with E-state index in [4.69, 9.17) is 16.6 Å². The fourth-order valence-electron chi connectivity index (χ4n) is 5.46. The van der Waals surface area contributed by atoms with Crippen LogP contribution in [0.15, 0.2) is 54.3 Å². The molecule has 2 heterocycles. The number of benzene rings is 2. The number of nitrogens with one attached hydrogen (secondary N) is 1. The second kappa shape index (κ2) is 12.4. The molecule has 1 aliphatic heterocycles. The predicted molar refractivity (Wildman–Crippen MR) is 163 cm³/mol. The molecular weight excluding hydrogens is 559 g/mol. The van der Waals surface area contributed by atoms with Crippen molar-refractivity contribution in [3.8, 4) is 0 Å². The summed E-state index contributed by atoms with van der Waals surface area (Å²) in [5.74, 6) is -0.480. The molecule has 0 saturated carbocycles. The van der Waals surface area contributed by atoms with E-state index in [1.54, 1.807) is 50.2 Å². The molecule has 1 saturated heterocycles. The maximum absolute atomic E-state index is 16.6. The highest BCUT2D eigenvalue weighted by molar-refractivity contribution is 6.32. The van der Waals surface area contributed by atoms with Gasteiger partial charge >= 0.3 is 0 Å². The Balaban J connectivity index is 1.57. The van der Waals surface area contributed by atoms with Gasteiger partial charge in [0.25, 0.3) is 0 Å². The van der Waals surface area contributed by atoms with Gasteiger partial charge in [-0.05, 0) is 36.3 Å². The van der Waals surface area contributed by atoms with Gasteiger partial charge in [0.2, 0.25) is 17.8 Å². The molecule has 3 aromatic rings. The molecule has 0 bridgehead atoms. The Bertz CT molecular complexity index is 1580. The van der Waals surface area contributed by atoms with E-state index in [1.807, 2.05) is 29.2 Å². The Morgan fingerprint density at radius 3 is 2.64 bits per heavy atom. The summed E-state index contributed by atoms with van der Waals surface area (Å²) in [6, 6.07) is 9.28. The Hall–Kier alpha value is -4.18. The number of nitrogens with zero attached hydrogens (tertiary/aromatic N) is 5. The van der Waals surface area contributed by atoms with Crippen LogP contribution in [-0.4, -0.2) is 83.5 Å². The van der Waals surface area contributed by atoms with Crippen LogP contribution in [0.2, 0.25) is 5.02 Å². The van der Waals surface area contributed by atoms with Crippen molar-refractivity contribution in [3.05, 3.63) is 81.8 Å². The van der Waals surface area contributed by atoms with Gasteiger partial charge in [-0.15, -0.1) is 0 Å². The highest BCUT2D eigenvalue weighted by Crippen LogP contribution is 2.42. The number of piperazine rings is 1. The number of fused-ring (bicyclic) bond motifs is 2. The van der Waals surface area contributed by atoms with Gasteiger partial charge in [-0.3, -0.25) is 9.59 Å². The molecule has 1 aromatic heterocycles. The molecule has 42 heavy (non-hydrogen) atoms. The summed E-state index contributed by atoms with van der Waals surface area (Å²) in [6.07, 6.45) is 5.47. The number of carbonyl (C=O) groups is 2. The molecule has 11 heteroatoms. The summed E-state index contributed by atoms with van der Waals surface area (Å²) in [5, 5.41) is 14.2. The number of aliphatic hydroxyl groups excluding tert-OH is 1. The van der Waals surface area contributed by atoms with E-state index in [-0.39, 0.29) is 52.6 Å². The summed E-state index contributed by atoms with van der Waals surface area (Å²) in [7, 11) is 3.37. The number of aliphatic hydroxyl groups is 1. The van der Waals surface area contributed by atoms with Crippen LogP contribution in [0.5, 0.6) is 0 Å². The maximum Gasteiger partial charge on any atom is 0.246 e. The lowest BCUT2D eigenvalue weighted by atomic mass is 9.82. The lowest BCUT2D eigenvalue weighted by molar-refractivity contribution is -0.128. The van der Waals surface area contributed by atoms with E-state index >= 15 is 4.39 Å². The molecule has 220 valence electrons. The van der Waals surface area contributed by atoms with Crippen molar-refractivity contribution in [2.75, 3.05) is 57.0 Å². The van der Waals surface area contributed by atoms with Gasteiger partial charge in [-0.25, -0.2) is 9.37 Å². The SMILES string of the molecule is C/C=C/C(=O)N1CCN(c2nc(NCCC(=O)N(C)C)nc3c(F)c([C@H]4C=C(O)Cc5ccccc54)c(Cl)cc23)CC1.